The van der Waals surface area contributed by atoms with E-state index in [0.29, 0.717) is 35.3 Å². The van der Waals surface area contributed by atoms with Crippen LogP contribution in [0.25, 0.3) is 102 Å². The van der Waals surface area contributed by atoms with Crippen LogP contribution < -0.4 is 4.90 Å². The van der Waals surface area contributed by atoms with E-state index in [-0.39, 0.29) is 16.2 Å². The van der Waals surface area contributed by atoms with E-state index in [1.165, 1.54) is 16.7 Å². The molecule has 12 rings (SSSR count). The van der Waals surface area contributed by atoms with E-state index in [9.17, 15) is 0 Å². The lowest BCUT2D eigenvalue weighted by Gasteiger charge is -2.26. The molecule has 0 aliphatic rings. The van der Waals surface area contributed by atoms with Gasteiger partial charge < -0.3 is 18.2 Å². The lowest BCUT2D eigenvalue weighted by atomic mass is 9.87. The van der Waals surface area contributed by atoms with Crippen molar-refractivity contribution in [3.63, 3.8) is 0 Å². The van der Waals surface area contributed by atoms with Gasteiger partial charge in [0.15, 0.2) is 0 Å². The molecule has 82 heavy (non-hydrogen) atoms. The van der Waals surface area contributed by atoms with Crippen LogP contribution in [-0.4, -0.2) is 30.6 Å². The second kappa shape index (κ2) is 21.3. The summed E-state index contributed by atoms with van der Waals surface area (Å²) in [5, 5.41) is 26.6. The highest BCUT2D eigenvalue weighted by Gasteiger charge is 2.21. The highest BCUT2D eigenvalue weighted by atomic mass is 16.4. The summed E-state index contributed by atoms with van der Waals surface area (Å²) >= 11 is 0. The Balaban J connectivity index is 0.828. The highest BCUT2D eigenvalue weighted by molar-refractivity contribution is 5.82. The number of aromatic nitrogens is 6. The Labute approximate surface area is 479 Å². The van der Waals surface area contributed by atoms with Crippen molar-refractivity contribution in [1.82, 2.24) is 30.6 Å². The van der Waals surface area contributed by atoms with E-state index in [0.717, 1.165) is 83.8 Å². The first kappa shape index (κ1) is 52.9. The van der Waals surface area contributed by atoms with Crippen LogP contribution in [0.15, 0.2) is 232 Å². The smallest absolute Gasteiger partial charge is 0.248 e. The summed E-state index contributed by atoms with van der Waals surface area (Å²) in [4.78, 5) is 2.27. The van der Waals surface area contributed by atoms with Gasteiger partial charge in [0.05, 0.1) is 0 Å². The van der Waals surface area contributed by atoms with E-state index in [4.69, 9.17) is 13.3 Å². The fraction of sp³-hybridized carbons (Fsp3) is 0.167. The van der Waals surface area contributed by atoms with Gasteiger partial charge in [-0.25, -0.2) is 0 Å². The molecule has 10 nitrogen and oxygen atoms in total. The lowest BCUT2D eigenvalue weighted by molar-refractivity contribution is 0.582. The van der Waals surface area contributed by atoms with E-state index < -0.39 is 0 Å². The van der Waals surface area contributed by atoms with Crippen molar-refractivity contribution in [2.45, 2.75) is 78.6 Å². The topological polar surface area (TPSA) is 120 Å². The van der Waals surface area contributed by atoms with Crippen LogP contribution in [0.1, 0.15) is 79.0 Å². The summed E-state index contributed by atoms with van der Waals surface area (Å²) in [5.41, 5.74) is 18.3. The normalized spacial score (nSPS) is 12.0. The van der Waals surface area contributed by atoms with Crippen LogP contribution >= 0.6 is 0 Å². The van der Waals surface area contributed by atoms with Crippen molar-refractivity contribution in [2.75, 3.05) is 4.90 Å². The summed E-state index contributed by atoms with van der Waals surface area (Å²) in [6.45, 7) is 19.8. The SMILES string of the molecule is CC(C)(C)c1ccc(-c2nnc(-c3cccc(-c4ccc(N(c5ccc(-c6cccc(-c7nnc(-c8ccc(C(C)(C)C)cc8)o7)c6)cc5)c5ccc(-c6cccc(-c7nnc(-c8ccc(C(C)(C)C)cc8)o7)c6)cc5)cc4)c3)o2)cc1. The molecule has 9 aromatic carbocycles. The van der Waals surface area contributed by atoms with Gasteiger partial charge >= 0.3 is 0 Å². The zero-order valence-electron chi connectivity index (χ0n) is 47.6. The summed E-state index contributed by atoms with van der Waals surface area (Å²) < 4.78 is 18.8. The number of hydrogen-bond acceptors (Lipinski definition) is 10. The quantitative estimate of drug-likeness (QED) is 0.117. The second-order valence-electron chi connectivity index (χ2n) is 23.9. The zero-order valence-corrected chi connectivity index (χ0v) is 47.6. The Kier molecular flexibility index (Phi) is 13.8. The molecule has 0 bridgehead atoms. The first-order valence-electron chi connectivity index (χ1n) is 27.7. The van der Waals surface area contributed by atoms with E-state index >= 15 is 0 Å². The first-order chi connectivity index (χ1) is 39.5. The van der Waals surface area contributed by atoms with Gasteiger partial charge in [-0.1, -0.05) is 172 Å². The summed E-state index contributed by atoms with van der Waals surface area (Å²) in [6.07, 6.45) is 0. The van der Waals surface area contributed by atoms with E-state index in [1.54, 1.807) is 0 Å². The molecule has 0 aliphatic carbocycles. The van der Waals surface area contributed by atoms with Gasteiger partial charge in [-0.05, 0) is 176 Å². The predicted molar refractivity (Wildman–Crippen MR) is 330 cm³/mol. The van der Waals surface area contributed by atoms with Crippen LogP contribution in [0.5, 0.6) is 0 Å². The molecule has 0 aliphatic heterocycles. The maximum absolute atomic E-state index is 6.25. The number of rotatable bonds is 12. The minimum Gasteiger partial charge on any atom is -0.416 e. The fourth-order valence-corrected chi connectivity index (χ4v) is 10.1. The second-order valence-corrected chi connectivity index (χ2v) is 23.9. The van der Waals surface area contributed by atoms with Crippen LogP contribution in [0.2, 0.25) is 0 Å². The van der Waals surface area contributed by atoms with Gasteiger partial charge in [0, 0.05) is 50.4 Å². The largest absolute Gasteiger partial charge is 0.416 e. The Bertz CT molecular complexity index is 3740. The molecule has 0 atom stereocenters. The molecule has 3 aromatic heterocycles. The molecule has 3 heterocycles. The van der Waals surface area contributed by atoms with Crippen molar-refractivity contribution in [2.24, 2.45) is 0 Å². The molecule has 404 valence electrons. The Morgan fingerprint density at radius 1 is 0.232 bits per heavy atom. The molecule has 0 amide bonds. The maximum atomic E-state index is 6.25. The molecule has 10 heteroatoms. The van der Waals surface area contributed by atoms with Gasteiger partial charge in [0.1, 0.15) is 0 Å². The number of benzene rings is 9. The fourth-order valence-electron chi connectivity index (χ4n) is 10.1. The number of nitrogens with zero attached hydrogens (tertiary/aromatic N) is 7. The molecule has 0 radical (unpaired) electrons. The van der Waals surface area contributed by atoms with Crippen molar-refractivity contribution < 1.29 is 13.3 Å². The van der Waals surface area contributed by atoms with Gasteiger partial charge in [-0.2, -0.15) is 0 Å². The van der Waals surface area contributed by atoms with Crippen LogP contribution in [0, 0.1) is 0 Å². The standard InChI is InChI=1S/C72H63N7O3/c1-70(2,3)58-31-19-49(20-32-58)64-73-76-67(80-64)55-16-10-13-52(43-55)46-25-37-61(38-26-46)79(62-39-27-47(28-40-62)53-14-11-17-56(44-53)68-77-74-65(81-68)50-21-33-59(34-22-50)71(4,5)6)63-41-29-48(30-42-63)54-15-12-18-57(45-54)69-78-75-66(82-69)51-23-35-60(36-24-51)72(7,8)9/h10-45H,1-9H3. The third-order valence-electron chi connectivity index (χ3n) is 15.0. The number of anilines is 3. The molecule has 0 saturated heterocycles. The van der Waals surface area contributed by atoms with E-state index in [2.05, 4.69) is 243 Å². The Morgan fingerprint density at radius 2 is 0.439 bits per heavy atom. The maximum Gasteiger partial charge on any atom is 0.248 e. The first-order valence-corrected chi connectivity index (χ1v) is 27.7. The minimum atomic E-state index is 0.0478. The Hall–Kier alpha value is -9.80. The third-order valence-corrected chi connectivity index (χ3v) is 15.0. The monoisotopic (exact) mass is 1070 g/mol. The molecular formula is C72H63N7O3. The minimum absolute atomic E-state index is 0.0478. The molecular weight excluding hydrogens is 1010 g/mol. The van der Waals surface area contributed by atoms with Crippen molar-refractivity contribution >= 4 is 17.1 Å². The van der Waals surface area contributed by atoms with Gasteiger partial charge in [0.2, 0.25) is 35.3 Å². The number of hydrogen-bond donors (Lipinski definition) is 0. The van der Waals surface area contributed by atoms with E-state index in [1.807, 2.05) is 72.8 Å². The average Bonchev–Trinajstić information content (AvgIpc) is 4.46. The highest BCUT2D eigenvalue weighted by Crippen LogP contribution is 2.40. The van der Waals surface area contributed by atoms with Crippen LogP contribution in [0.4, 0.5) is 17.1 Å². The lowest BCUT2D eigenvalue weighted by Crippen LogP contribution is -2.10. The molecule has 0 unspecified atom stereocenters. The summed E-state index contributed by atoms with van der Waals surface area (Å²) in [5.74, 6) is 2.86. The molecule has 0 fully saturated rings. The van der Waals surface area contributed by atoms with Crippen molar-refractivity contribution in [3.05, 3.63) is 235 Å². The zero-order chi connectivity index (χ0) is 56.8. The predicted octanol–water partition coefficient (Wildman–Crippen LogP) is 19.2. The Morgan fingerprint density at radius 3 is 0.671 bits per heavy atom. The van der Waals surface area contributed by atoms with Gasteiger partial charge in [-0.15, -0.1) is 30.6 Å². The summed E-state index contributed by atoms with van der Waals surface area (Å²) in [6, 6.07) is 75.6. The molecule has 0 spiro atoms. The summed E-state index contributed by atoms with van der Waals surface area (Å²) in [7, 11) is 0. The van der Waals surface area contributed by atoms with Crippen molar-refractivity contribution in [1.29, 1.82) is 0 Å². The average molecular weight is 1070 g/mol. The van der Waals surface area contributed by atoms with Crippen molar-refractivity contribution in [3.8, 4) is 102 Å². The van der Waals surface area contributed by atoms with Gasteiger partial charge in [0.25, 0.3) is 0 Å². The van der Waals surface area contributed by atoms with Gasteiger partial charge in [-0.3, -0.25) is 0 Å². The third kappa shape index (κ3) is 11.2. The molecule has 0 saturated carbocycles. The van der Waals surface area contributed by atoms with Crippen LogP contribution in [0.3, 0.4) is 0 Å². The molecule has 0 N–H and O–H groups in total. The van der Waals surface area contributed by atoms with Crippen LogP contribution in [-0.2, 0) is 16.2 Å². The molecule has 12 aromatic rings.